The molecule has 1 amide bonds. The van der Waals surface area contributed by atoms with E-state index in [9.17, 15) is 14.7 Å². The van der Waals surface area contributed by atoms with Gasteiger partial charge >= 0.3 is 0 Å². The average molecular weight is 436 g/mol. The summed E-state index contributed by atoms with van der Waals surface area (Å²) in [6, 6.07) is 14.0. The van der Waals surface area contributed by atoms with Gasteiger partial charge in [0.25, 0.3) is 11.7 Å². The van der Waals surface area contributed by atoms with Crippen molar-refractivity contribution >= 4 is 17.4 Å². The molecule has 2 fully saturated rings. The number of carbonyl (C=O) groups is 2. The van der Waals surface area contributed by atoms with Crippen LogP contribution in [-0.4, -0.2) is 47.6 Å². The maximum Gasteiger partial charge on any atom is 0.295 e. The molecule has 0 spiro atoms. The Balaban J connectivity index is 1.79. The minimum Gasteiger partial charge on any atom is -0.507 e. The van der Waals surface area contributed by atoms with Gasteiger partial charge in [-0.1, -0.05) is 48.9 Å². The van der Waals surface area contributed by atoms with E-state index in [0.29, 0.717) is 31.1 Å². The molecule has 0 radical (unpaired) electrons. The number of benzene rings is 2. The SMILES string of the molecule is CCCOc1cccc(/C(O)=C2/C(=O)C(=O)N(CC3CCCO3)C2c2cccc(C)c2)c1. The molecule has 2 aliphatic heterocycles. The topological polar surface area (TPSA) is 76.1 Å². The minimum absolute atomic E-state index is 0.103. The molecule has 168 valence electrons. The van der Waals surface area contributed by atoms with Crippen LogP contribution in [0, 0.1) is 6.92 Å². The Labute approximate surface area is 188 Å². The second-order valence-corrected chi connectivity index (χ2v) is 8.38. The van der Waals surface area contributed by atoms with E-state index in [0.717, 1.165) is 30.4 Å². The van der Waals surface area contributed by atoms with Gasteiger partial charge in [0, 0.05) is 18.7 Å². The quantitative estimate of drug-likeness (QED) is 0.397. The zero-order valence-electron chi connectivity index (χ0n) is 18.5. The van der Waals surface area contributed by atoms with Crippen LogP contribution in [0.1, 0.15) is 48.9 Å². The number of ether oxygens (including phenoxy) is 2. The van der Waals surface area contributed by atoms with Crippen LogP contribution >= 0.6 is 0 Å². The van der Waals surface area contributed by atoms with E-state index >= 15 is 0 Å². The summed E-state index contributed by atoms with van der Waals surface area (Å²) in [7, 11) is 0. The first kappa shape index (κ1) is 22.1. The molecular formula is C26H29NO5. The molecule has 0 bridgehead atoms. The largest absolute Gasteiger partial charge is 0.507 e. The molecule has 0 saturated carbocycles. The maximum atomic E-state index is 13.1. The molecule has 2 aromatic carbocycles. The molecule has 1 N–H and O–H groups in total. The Morgan fingerprint density at radius 1 is 1.19 bits per heavy atom. The van der Waals surface area contributed by atoms with Crippen molar-refractivity contribution in [3.05, 3.63) is 70.8 Å². The third-order valence-corrected chi connectivity index (χ3v) is 5.90. The third kappa shape index (κ3) is 4.41. The fraction of sp³-hybridized carbons (Fsp3) is 0.385. The number of ketones is 1. The molecule has 6 nitrogen and oxygen atoms in total. The Kier molecular flexibility index (Phi) is 6.61. The highest BCUT2D eigenvalue weighted by Gasteiger charge is 2.47. The first-order valence-electron chi connectivity index (χ1n) is 11.2. The molecule has 2 unspecified atom stereocenters. The Hall–Kier alpha value is -3.12. The Morgan fingerprint density at radius 3 is 2.72 bits per heavy atom. The first-order valence-corrected chi connectivity index (χ1v) is 11.2. The van der Waals surface area contributed by atoms with Crippen molar-refractivity contribution in [1.82, 2.24) is 4.90 Å². The van der Waals surface area contributed by atoms with E-state index in [1.54, 1.807) is 29.2 Å². The molecule has 2 aliphatic rings. The summed E-state index contributed by atoms with van der Waals surface area (Å²) < 4.78 is 11.4. The van der Waals surface area contributed by atoms with Gasteiger partial charge < -0.3 is 19.5 Å². The number of Topliss-reactive ketones (excluding diaryl/α,β-unsaturated/α-hetero) is 1. The predicted octanol–water partition coefficient (Wildman–Crippen LogP) is 4.38. The van der Waals surface area contributed by atoms with Gasteiger partial charge in [-0.25, -0.2) is 0 Å². The zero-order valence-corrected chi connectivity index (χ0v) is 18.5. The number of carbonyl (C=O) groups excluding carboxylic acids is 2. The van der Waals surface area contributed by atoms with Crippen LogP contribution in [-0.2, 0) is 14.3 Å². The van der Waals surface area contributed by atoms with Crippen molar-refractivity contribution in [2.75, 3.05) is 19.8 Å². The van der Waals surface area contributed by atoms with Crippen molar-refractivity contribution in [3.8, 4) is 5.75 Å². The maximum absolute atomic E-state index is 13.1. The van der Waals surface area contributed by atoms with Gasteiger partial charge in [-0.2, -0.15) is 0 Å². The van der Waals surface area contributed by atoms with Crippen molar-refractivity contribution in [2.45, 2.75) is 45.3 Å². The van der Waals surface area contributed by atoms with Crippen LogP contribution in [0.15, 0.2) is 54.1 Å². The molecule has 0 aliphatic carbocycles. The highest BCUT2D eigenvalue weighted by Crippen LogP contribution is 2.40. The molecule has 2 atom stereocenters. The fourth-order valence-electron chi connectivity index (χ4n) is 4.37. The van der Waals surface area contributed by atoms with Gasteiger partial charge in [0.05, 0.1) is 24.3 Å². The van der Waals surface area contributed by atoms with Crippen LogP contribution < -0.4 is 4.74 Å². The normalized spacial score (nSPS) is 22.5. The second-order valence-electron chi connectivity index (χ2n) is 8.38. The summed E-state index contributed by atoms with van der Waals surface area (Å²) in [5, 5.41) is 11.2. The number of hydrogen-bond donors (Lipinski definition) is 1. The van der Waals surface area contributed by atoms with Gasteiger partial charge in [-0.15, -0.1) is 0 Å². The lowest BCUT2D eigenvalue weighted by Crippen LogP contribution is -2.36. The molecule has 32 heavy (non-hydrogen) atoms. The molecule has 2 aromatic rings. The lowest BCUT2D eigenvalue weighted by Gasteiger charge is -2.27. The van der Waals surface area contributed by atoms with Crippen molar-refractivity contribution < 1.29 is 24.2 Å². The monoisotopic (exact) mass is 435 g/mol. The third-order valence-electron chi connectivity index (χ3n) is 5.90. The smallest absolute Gasteiger partial charge is 0.295 e. The molecule has 2 heterocycles. The van der Waals surface area contributed by atoms with Gasteiger partial charge in [0.1, 0.15) is 11.5 Å². The van der Waals surface area contributed by atoms with E-state index in [1.165, 1.54) is 0 Å². The summed E-state index contributed by atoms with van der Waals surface area (Å²) in [4.78, 5) is 27.8. The number of rotatable bonds is 7. The Morgan fingerprint density at radius 2 is 2.00 bits per heavy atom. The molecule has 4 rings (SSSR count). The molecule has 2 saturated heterocycles. The Bertz CT molecular complexity index is 1040. The van der Waals surface area contributed by atoms with Gasteiger partial charge in [-0.05, 0) is 43.9 Å². The van der Waals surface area contributed by atoms with Gasteiger partial charge in [0.15, 0.2) is 0 Å². The number of aliphatic hydroxyl groups excluding tert-OH is 1. The molecular weight excluding hydrogens is 406 g/mol. The van der Waals surface area contributed by atoms with Crippen molar-refractivity contribution in [1.29, 1.82) is 0 Å². The average Bonchev–Trinajstić information content (AvgIpc) is 3.40. The summed E-state index contributed by atoms with van der Waals surface area (Å²) in [5.41, 5.74) is 2.36. The van der Waals surface area contributed by atoms with Crippen molar-refractivity contribution in [3.63, 3.8) is 0 Å². The van der Waals surface area contributed by atoms with Crippen LogP contribution in [0.3, 0.4) is 0 Å². The van der Waals surface area contributed by atoms with Crippen LogP contribution in [0.4, 0.5) is 0 Å². The van der Waals surface area contributed by atoms with E-state index in [4.69, 9.17) is 9.47 Å². The van der Waals surface area contributed by atoms with Gasteiger partial charge in [0.2, 0.25) is 0 Å². The lowest BCUT2D eigenvalue weighted by atomic mass is 9.94. The summed E-state index contributed by atoms with van der Waals surface area (Å²) >= 11 is 0. The van der Waals surface area contributed by atoms with Crippen LogP contribution in [0.2, 0.25) is 0 Å². The summed E-state index contributed by atoms with van der Waals surface area (Å²) in [6.07, 6.45) is 2.54. The number of hydrogen-bond acceptors (Lipinski definition) is 5. The summed E-state index contributed by atoms with van der Waals surface area (Å²) in [6.45, 7) is 5.51. The van der Waals surface area contributed by atoms with E-state index in [2.05, 4.69) is 0 Å². The fourth-order valence-corrected chi connectivity index (χ4v) is 4.37. The van der Waals surface area contributed by atoms with E-state index in [-0.39, 0.29) is 17.4 Å². The van der Waals surface area contributed by atoms with Gasteiger partial charge in [-0.3, -0.25) is 9.59 Å². The predicted molar refractivity (Wildman–Crippen MR) is 121 cm³/mol. The van der Waals surface area contributed by atoms with E-state index in [1.807, 2.05) is 38.1 Å². The highest BCUT2D eigenvalue weighted by atomic mass is 16.5. The zero-order chi connectivity index (χ0) is 22.7. The number of aliphatic hydroxyl groups is 1. The number of likely N-dealkylation sites (tertiary alicyclic amines) is 1. The molecule has 6 heteroatoms. The van der Waals surface area contributed by atoms with Crippen LogP contribution in [0.25, 0.3) is 5.76 Å². The first-order chi connectivity index (χ1) is 15.5. The lowest BCUT2D eigenvalue weighted by molar-refractivity contribution is -0.140. The number of amides is 1. The second kappa shape index (κ2) is 9.57. The number of aryl methyl sites for hydroxylation is 1. The van der Waals surface area contributed by atoms with Crippen molar-refractivity contribution in [2.24, 2.45) is 0 Å². The molecule has 0 aromatic heterocycles. The van der Waals surface area contributed by atoms with E-state index < -0.39 is 17.7 Å². The summed E-state index contributed by atoms with van der Waals surface area (Å²) in [5.74, 6) is -0.859. The highest BCUT2D eigenvalue weighted by molar-refractivity contribution is 6.46. The minimum atomic E-state index is -0.674. The standard InChI is InChI=1S/C26H29NO5/c1-3-12-31-20-10-5-9-19(15-20)24(28)22-23(18-8-4-7-17(2)14-18)27(26(30)25(22)29)16-21-11-6-13-32-21/h4-5,7-10,14-15,21,23,28H,3,6,11-13,16H2,1-2H3/b24-22-. The van der Waals surface area contributed by atoms with Crippen LogP contribution in [0.5, 0.6) is 5.75 Å². The number of nitrogens with zero attached hydrogens (tertiary/aromatic N) is 1.